The van der Waals surface area contributed by atoms with Crippen molar-refractivity contribution in [1.82, 2.24) is 15.0 Å². The van der Waals surface area contributed by atoms with Crippen molar-refractivity contribution in [2.45, 2.75) is 26.1 Å². The number of nitrogens with zero attached hydrogens (tertiary/aromatic N) is 3. The molecule has 9 heteroatoms. The van der Waals surface area contributed by atoms with Gasteiger partial charge in [0, 0.05) is 6.42 Å². The predicted molar refractivity (Wildman–Crippen MR) is 52.6 cm³/mol. The van der Waals surface area contributed by atoms with Crippen molar-refractivity contribution in [3.05, 3.63) is 11.7 Å². The topological polar surface area (TPSA) is 79.5 Å². The molecule has 0 aliphatic heterocycles. The van der Waals surface area contributed by atoms with E-state index in [1.165, 1.54) is 0 Å². The summed E-state index contributed by atoms with van der Waals surface area (Å²) in [6, 6.07) is 0. The van der Waals surface area contributed by atoms with Crippen molar-refractivity contribution in [3.63, 3.8) is 0 Å². The molecule has 0 radical (unpaired) electrons. The zero-order valence-corrected chi connectivity index (χ0v) is 9.57. The average molecular weight is 267 g/mol. The molecule has 102 valence electrons. The van der Waals surface area contributed by atoms with Crippen molar-refractivity contribution in [2.75, 3.05) is 13.1 Å². The first-order chi connectivity index (χ1) is 8.30. The Kier molecular flexibility index (Phi) is 4.65. The lowest BCUT2D eigenvalue weighted by molar-refractivity contribution is -0.155. The van der Waals surface area contributed by atoms with E-state index in [0.29, 0.717) is 17.2 Å². The van der Waals surface area contributed by atoms with E-state index in [9.17, 15) is 18.0 Å². The number of hydrogen-bond acceptors (Lipinski definition) is 5. The minimum atomic E-state index is -4.48. The van der Waals surface area contributed by atoms with Crippen LogP contribution in [0.3, 0.4) is 0 Å². The van der Waals surface area contributed by atoms with Gasteiger partial charge in [-0.05, 0) is 0 Å². The molecule has 0 aliphatic rings. The highest BCUT2D eigenvalue weighted by Crippen LogP contribution is 2.17. The highest BCUT2D eigenvalue weighted by atomic mass is 19.4. The van der Waals surface area contributed by atoms with Crippen LogP contribution < -0.4 is 0 Å². The van der Waals surface area contributed by atoms with Crippen molar-refractivity contribution in [1.29, 1.82) is 0 Å². The van der Waals surface area contributed by atoms with Crippen LogP contribution in [0.2, 0.25) is 0 Å². The van der Waals surface area contributed by atoms with E-state index in [1.54, 1.807) is 6.92 Å². The number of carboxylic acid groups (broad SMARTS) is 1. The van der Waals surface area contributed by atoms with Gasteiger partial charge in [-0.25, -0.2) is 0 Å². The first kappa shape index (κ1) is 14.4. The predicted octanol–water partition coefficient (Wildman–Crippen LogP) is 1.08. The monoisotopic (exact) mass is 267 g/mol. The van der Waals surface area contributed by atoms with Crippen LogP contribution >= 0.6 is 0 Å². The van der Waals surface area contributed by atoms with E-state index in [-0.39, 0.29) is 12.4 Å². The van der Waals surface area contributed by atoms with E-state index in [0.717, 1.165) is 0 Å². The molecule has 0 fully saturated rings. The molecular formula is C9H12F3N3O3. The molecule has 1 aromatic heterocycles. The molecule has 1 N–H and O–H groups in total. The molecule has 0 atom stereocenters. The summed E-state index contributed by atoms with van der Waals surface area (Å²) in [7, 11) is 0. The molecule has 6 nitrogen and oxygen atoms in total. The Labute approximate surface area is 100 Å². The summed E-state index contributed by atoms with van der Waals surface area (Å²) >= 11 is 0. The molecule has 0 saturated carbocycles. The number of carbonyl (C=O) groups is 1. The summed E-state index contributed by atoms with van der Waals surface area (Å²) in [5.74, 6) is -1.01. The van der Waals surface area contributed by atoms with Gasteiger partial charge in [0.1, 0.15) is 0 Å². The third kappa shape index (κ3) is 5.13. The number of aromatic nitrogens is 2. The molecule has 0 unspecified atom stereocenters. The van der Waals surface area contributed by atoms with E-state index >= 15 is 0 Å². The molecule has 18 heavy (non-hydrogen) atoms. The van der Waals surface area contributed by atoms with Gasteiger partial charge >= 0.3 is 12.1 Å². The van der Waals surface area contributed by atoms with Gasteiger partial charge in [-0.1, -0.05) is 12.1 Å². The lowest BCUT2D eigenvalue weighted by Crippen LogP contribution is -2.37. The highest BCUT2D eigenvalue weighted by molar-refractivity contribution is 5.69. The Balaban J connectivity index is 2.68. The lowest BCUT2D eigenvalue weighted by atomic mass is 10.4. The van der Waals surface area contributed by atoms with Gasteiger partial charge < -0.3 is 9.63 Å². The fourth-order valence-electron chi connectivity index (χ4n) is 1.31. The normalized spacial score (nSPS) is 12.1. The molecule has 0 aromatic carbocycles. The van der Waals surface area contributed by atoms with Crippen LogP contribution in [0.15, 0.2) is 4.52 Å². The second-order valence-electron chi connectivity index (χ2n) is 3.61. The Bertz CT molecular complexity index is 405. The first-order valence-corrected chi connectivity index (χ1v) is 5.12. The van der Waals surface area contributed by atoms with E-state index in [2.05, 4.69) is 10.1 Å². The van der Waals surface area contributed by atoms with Crippen LogP contribution in [0, 0.1) is 0 Å². The standard InChI is InChI=1S/C9H12F3N3O3/c1-2-7-13-6(14-18-7)3-15(4-8(16)17)5-9(10,11)12/h2-5H2,1H3,(H,16,17). The molecule has 0 aliphatic carbocycles. The molecule has 0 bridgehead atoms. The zero-order valence-electron chi connectivity index (χ0n) is 9.57. The van der Waals surface area contributed by atoms with E-state index < -0.39 is 25.2 Å². The minimum Gasteiger partial charge on any atom is -0.480 e. The van der Waals surface area contributed by atoms with E-state index in [4.69, 9.17) is 9.63 Å². The van der Waals surface area contributed by atoms with Gasteiger partial charge in [0.05, 0.1) is 19.6 Å². The van der Waals surface area contributed by atoms with Crippen LogP contribution in [0.1, 0.15) is 18.6 Å². The maximum atomic E-state index is 12.2. The number of rotatable bonds is 6. The Morgan fingerprint density at radius 2 is 2.17 bits per heavy atom. The Hall–Kier alpha value is -1.64. The number of alkyl halides is 3. The summed E-state index contributed by atoms with van der Waals surface area (Å²) in [6.45, 7) is -0.651. The Morgan fingerprint density at radius 1 is 1.50 bits per heavy atom. The van der Waals surface area contributed by atoms with Crippen molar-refractivity contribution in [2.24, 2.45) is 0 Å². The number of aryl methyl sites for hydroxylation is 1. The molecule has 0 saturated heterocycles. The number of carboxylic acids is 1. The molecule has 0 amide bonds. The van der Waals surface area contributed by atoms with Crippen molar-refractivity contribution in [3.8, 4) is 0 Å². The van der Waals surface area contributed by atoms with Gasteiger partial charge in [0.25, 0.3) is 0 Å². The van der Waals surface area contributed by atoms with Crippen LogP contribution in [-0.2, 0) is 17.8 Å². The quantitative estimate of drug-likeness (QED) is 0.830. The average Bonchev–Trinajstić information content (AvgIpc) is 2.61. The summed E-state index contributed by atoms with van der Waals surface area (Å²) in [5, 5.41) is 12.0. The minimum absolute atomic E-state index is 0.0392. The second-order valence-corrected chi connectivity index (χ2v) is 3.61. The summed E-state index contributed by atoms with van der Waals surface area (Å²) < 4.78 is 41.4. The Morgan fingerprint density at radius 3 is 2.61 bits per heavy atom. The van der Waals surface area contributed by atoms with Crippen molar-refractivity contribution < 1.29 is 27.6 Å². The van der Waals surface area contributed by atoms with Gasteiger partial charge in [-0.3, -0.25) is 9.69 Å². The van der Waals surface area contributed by atoms with Crippen molar-refractivity contribution >= 4 is 5.97 Å². The third-order valence-corrected chi connectivity index (χ3v) is 1.94. The van der Waals surface area contributed by atoms with Gasteiger partial charge in [-0.2, -0.15) is 18.2 Å². The number of aliphatic carboxylic acids is 1. The highest BCUT2D eigenvalue weighted by Gasteiger charge is 2.32. The smallest absolute Gasteiger partial charge is 0.401 e. The molecular weight excluding hydrogens is 255 g/mol. The molecule has 0 spiro atoms. The second kappa shape index (κ2) is 5.80. The lowest BCUT2D eigenvalue weighted by Gasteiger charge is -2.19. The third-order valence-electron chi connectivity index (χ3n) is 1.94. The fraction of sp³-hybridized carbons (Fsp3) is 0.667. The molecule has 1 rings (SSSR count). The van der Waals surface area contributed by atoms with Crippen LogP contribution in [-0.4, -0.2) is 45.4 Å². The molecule has 1 aromatic rings. The summed E-state index contributed by atoms with van der Waals surface area (Å²) in [5.41, 5.74) is 0. The number of halogens is 3. The van der Waals surface area contributed by atoms with E-state index in [1.807, 2.05) is 0 Å². The SMILES string of the molecule is CCc1nc(CN(CC(=O)O)CC(F)(F)F)no1. The van der Waals surface area contributed by atoms with Gasteiger partial charge in [-0.15, -0.1) is 0 Å². The maximum absolute atomic E-state index is 12.2. The van der Waals surface area contributed by atoms with Gasteiger partial charge in [0.15, 0.2) is 5.82 Å². The van der Waals surface area contributed by atoms with Crippen LogP contribution in [0.25, 0.3) is 0 Å². The fourth-order valence-corrected chi connectivity index (χ4v) is 1.31. The maximum Gasteiger partial charge on any atom is 0.401 e. The first-order valence-electron chi connectivity index (χ1n) is 5.12. The van der Waals surface area contributed by atoms with Gasteiger partial charge in [0.2, 0.25) is 5.89 Å². The molecule has 1 heterocycles. The largest absolute Gasteiger partial charge is 0.480 e. The zero-order chi connectivity index (χ0) is 13.8. The van der Waals surface area contributed by atoms with Crippen LogP contribution in [0.4, 0.5) is 13.2 Å². The number of hydrogen-bond donors (Lipinski definition) is 1. The summed E-state index contributed by atoms with van der Waals surface area (Å²) in [4.78, 5) is 15.0. The summed E-state index contributed by atoms with van der Waals surface area (Å²) in [6.07, 6.45) is -4.02. The van der Waals surface area contributed by atoms with Crippen LogP contribution in [0.5, 0.6) is 0 Å².